The van der Waals surface area contributed by atoms with Crippen LogP contribution in [0.1, 0.15) is 33.2 Å². The number of imide groups is 1. The maximum atomic E-state index is 12.3. The lowest BCUT2D eigenvalue weighted by Gasteiger charge is -2.12. The zero-order valence-electron chi connectivity index (χ0n) is 11.2. The minimum Gasteiger partial charge on any atom is -0.398 e. The minimum absolute atomic E-state index is 0.276. The lowest BCUT2D eigenvalue weighted by molar-refractivity contribution is 0.0642. The number of nitrogens with two attached hydrogens (primary N) is 1. The number of nitrogens with zero attached hydrogens (tertiary/aromatic N) is 2. The summed E-state index contributed by atoms with van der Waals surface area (Å²) in [5, 5.41) is 0. The molecule has 1 aromatic heterocycles. The van der Waals surface area contributed by atoms with Gasteiger partial charge in [0.05, 0.1) is 17.7 Å². The summed E-state index contributed by atoms with van der Waals surface area (Å²) in [5.41, 5.74) is 7.81. The van der Waals surface area contributed by atoms with Crippen molar-refractivity contribution in [3.05, 3.63) is 53.3 Å². The van der Waals surface area contributed by atoms with Gasteiger partial charge in [0.15, 0.2) is 0 Å². The van der Waals surface area contributed by atoms with Crippen molar-refractivity contribution in [3.8, 4) is 0 Å². The van der Waals surface area contributed by atoms with Gasteiger partial charge in [0, 0.05) is 24.6 Å². The molecule has 3 rings (SSSR count). The van der Waals surface area contributed by atoms with Crippen molar-refractivity contribution in [2.45, 2.75) is 20.0 Å². The summed E-state index contributed by atoms with van der Waals surface area (Å²) in [6, 6.07) is 6.89. The standard InChI is InChI=1S/C15H15N3O2/c1-2-17-7-6-10(8-17)9-18-14(19)11-4-3-5-12(16)13(11)15(18)20/h3-8H,2,9,16H2,1H3. The van der Waals surface area contributed by atoms with E-state index in [1.165, 1.54) is 4.90 Å². The highest BCUT2D eigenvalue weighted by molar-refractivity contribution is 6.23. The van der Waals surface area contributed by atoms with Crippen LogP contribution in [0.2, 0.25) is 0 Å². The van der Waals surface area contributed by atoms with Crippen molar-refractivity contribution in [1.29, 1.82) is 0 Å². The molecule has 0 saturated heterocycles. The van der Waals surface area contributed by atoms with Gasteiger partial charge in [-0.05, 0) is 30.7 Å². The third kappa shape index (κ3) is 1.79. The van der Waals surface area contributed by atoms with Gasteiger partial charge in [-0.25, -0.2) is 0 Å². The summed E-state index contributed by atoms with van der Waals surface area (Å²) < 4.78 is 2.00. The molecule has 1 aromatic carbocycles. The molecule has 102 valence electrons. The Morgan fingerprint density at radius 1 is 1.15 bits per heavy atom. The molecule has 0 atom stereocenters. The van der Waals surface area contributed by atoms with Crippen LogP contribution in [-0.4, -0.2) is 21.3 Å². The maximum Gasteiger partial charge on any atom is 0.263 e. The number of amides is 2. The van der Waals surface area contributed by atoms with Crippen LogP contribution >= 0.6 is 0 Å². The minimum atomic E-state index is -0.313. The molecule has 1 aliphatic rings. The first-order chi connectivity index (χ1) is 9.61. The van der Waals surface area contributed by atoms with Crippen LogP contribution in [-0.2, 0) is 13.1 Å². The summed E-state index contributed by atoms with van der Waals surface area (Å²) in [6.07, 6.45) is 3.87. The fourth-order valence-electron chi connectivity index (χ4n) is 2.47. The monoisotopic (exact) mass is 269 g/mol. The predicted molar refractivity (Wildman–Crippen MR) is 75.2 cm³/mol. The van der Waals surface area contributed by atoms with Crippen molar-refractivity contribution < 1.29 is 9.59 Å². The fraction of sp³-hybridized carbons (Fsp3) is 0.200. The van der Waals surface area contributed by atoms with Gasteiger partial charge < -0.3 is 10.3 Å². The van der Waals surface area contributed by atoms with E-state index >= 15 is 0 Å². The summed E-state index contributed by atoms with van der Waals surface area (Å²) in [7, 11) is 0. The molecule has 0 aliphatic carbocycles. The van der Waals surface area contributed by atoms with Gasteiger partial charge >= 0.3 is 0 Å². The third-order valence-electron chi connectivity index (χ3n) is 3.55. The molecular formula is C15H15N3O2. The highest BCUT2D eigenvalue weighted by atomic mass is 16.2. The second-order valence-corrected chi connectivity index (χ2v) is 4.82. The number of carbonyl (C=O) groups excluding carboxylic acids is 2. The Bertz CT molecular complexity index is 703. The molecule has 2 heterocycles. The number of nitrogen functional groups attached to an aromatic ring is 1. The number of rotatable bonds is 3. The van der Waals surface area contributed by atoms with Crippen LogP contribution in [0.25, 0.3) is 0 Å². The number of anilines is 1. The van der Waals surface area contributed by atoms with E-state index in [4.69, 9.17) is 5.73 Å². The Labute approximate surface area is 116 Å². The summed E-state index contributed by atoms with van der Waals surface area (Å²) in [4.78, 5) is 25.9. The lowest BCUT2D eigenvalue weighted by atomic mass is 10.1. The van der Waals surface area contributed by atoms with Crippen LogP contribution in [0, 0.1) is 0 Å². The summed E-state index contributed by atoms with van der Waals surface area (Å²) in [5.74, 6) is -0.589. The van der Waals surface area contributed by atoms with Gasteiger partial charge in [-0.3, -0.25) is 14.5 Å². The average Bonchev–Trinajstić information content (AvgIpc) is 2.99. The molecule has 2 aromatic rings. The predicted octanol–water partition coefficient (Wildman–Crippen LogP) is 1.89. The Balaban J connectivity index is 1.92. The molecule has 2 amide bonds. The zero-order chi connectivity index (χ0) is 14.3. The van der Waals surface area contributed by atoms with E-state index in [1.807, 2.05) is 30.0 Å². The topological polar surface area (TPSA) is 68.3 Å². The van der Waals surface area contributed by atoms with Crippen LogP contribution in [0.15, 0.2) is 36.7 Å². The molecule has 0 saturated carbocycles. The fourth-order valence-corrected chi connectivity index (χ4v) is 2.47. The first kappa shape index (κ1) is 12.5. The van der Waals surface area contributed by atoms with Gasteiger partial charge in [0.2, 0.25) is 0 Å². The van der Waals surface area contributed by atoms with Gasteiger partial charge in [-0.2, -0.15) is 0 Å². The molecule has 5 heteroatoms. The number of carbonyl (C=O) groups is 2. The van der Waals surface area contributed by atoms with Crippen LogP contribution in [0.5, 0.6) is 0 Å². The quantitative estimate of drug-likeness (QED) is 0.683. The molecule has 20 heavy (non-hydrogen) atoms. The van der Waals surface area contributed by atoms with E-state index in [0.717, 1.165) is 12.1 Å². The normalized spacial score (nSPS) is 13.9. The molecule has 0 radical (unpaired) electrons. The van der Waals surface area contributed by atoms with E-state index in [1.54, 1.807) is 18.2 Å². The largest absolute Gasteiger partial charge is 0.398 e. The summed E-state index contributed by atoms with van der Waals surface area (Å²) >= 11 is 0. The van der Waals surface area contributed by atoms with Crippen LogP contribution in [0.3, 0.4) is 0 Å². The first-order valence-corrected chi connectivity index (χ1v) is 6.51. The number of aryl methyl sites for hydroxylation is 1. The zero-order valence-corrected chi connectivity index (χ0v) is 11.2. The number of benzene rings is 1. The SMILES string of the molecule is CCn1ccc(CN2C(=O)c3cccc(N)c3C2=O)c1. The molecule has 0 unspecified atom stereocenters. The molecule has 0 fully saturated rings. The number of hydrogen-bond acceptors (Lipinski definition) is 3. The third-order valence-corrected chi connectivity index (χ3v) is 3.55. The Kier molecular flexibility index (Phi) is 2.82. The van der Waals surface area contributed by atoms with Crippen molar-refractivity contribution in [2.24, 2.45) is 0 Å². The smallest absolute Gasteiger partial charge is 0.263 e. The molecule has 2 N–H and O–H groups in total. The van der Waals surface area contributed by atoms with Crippen LogP contribution < -0.4 is 5.73 Å². The van der Waals surface area contributed by atoms with E-state index in [-0.39, 0.29) is 18.4 Å². The molecule has 0 spiro atoms. The molecule has 1 aliphatic heterocycles. The van der Waals surface area contributed by atoms with Crippen molar-refractivity contribution in [3.63, 3.8) is 0 Å². The highest BCUT2D eigenvalue weighted by Gasteiger charge is 2.36. The first-order valence-electron chi connectivity index (χ1n) is 6.51. The second kappa shape index (κ2) is 4.52. The molecular weight excluding hydrogens is 254 g/mol. The average molecular weight is 269 g/mol. The highest BCUT2D eigenvalue weighted by Crippen LogP contribution is 2.28. The number of hydrogen-bond donors (Lipinski definition) is 1. The Morgan fingerprint density at radius 2 is 1.95 bits per heavy atom. The number of fused-ring (bicyclic) bond motifs is 1. The van der Waals surface area contributed by atoms with Crippen molar-refractivity contribution in [2.75, 3.05) is 5.73 Å². The lowest BCUT2D eigenvalue weighted by Crippen LogP contribution is -2.29. The molecule has 0 bridgehead atoms. The van der Waals surface area contributed by atoms with E-state index < -0.39 is 0 Å². The van der Waals surface area contributed by atoms with Gasteiger partial charge in [0.25, 0.3) is 11.8 Å². The number of aromatic nitrogens is 1. The Hall–Kier alpha value is -2.56. The summed E-state index contributed by atoms with van der Waals surface area (Å²) in [6.45, 7) is 3.17. The van der Waals surface area contributed by atoms with Gasteiger partial charge in [-0.15, -0.1) is 0 Å². The van der Waals surface area contributed by atoms with E-state index in [9.17, 15) is 9.59 Å². The molecule has 5 nitrogen and oxygen atoms in total. The van der Waals surface area contributed by atoms with E-state index in [0.29, 0.717) is 16.8 Å². The van der Waals surface area contributed by atoms with Crippen LogP contribution in [0.4, 0.5) is 5.69 Å². The van der Waals surface area contributed by atoms with Crippen molar-refractivity contribution in [1.82, 2.24) is 9.47 Å². The second-order valence-electron chi connectivity index (χ2n) is 4.82. The van der Waals surface area contributed by atoms with Gasteiger partial charge in [0.1, 0.15) is 0 Å². The van der Waals surface area contributed by atoms with Crippen molar-refractivity contribution >= 4 is 17.5 Å². The Morgan fingerprint density at radius 3 is 2.60 bits per heavy atom. The maximum absolute atomic E-state index is 12.3. The van der Waals surface area contributed by atoms with Gasteiger partial charge in [-0.1, -0.05) is 6.07 Å². The van der Waals surface area contributed by atoms with E-state index in [2.05, 4.69) is 0 Å².